The van der Waals surface area contributed by atoms with E-state index >= 15 is 0 Å². The molecule has 8 heteroatoms. The molecular formula is C11H22BF4N2O-. The van der Waals surface area contributed by atoms with Gasteiger partial charge < -0.3 is 31.9 Å². The van der Waals surface area contributed by atoms with Crippen LogP contribution >= 0.6 is 0 Å². The van der Waals surface area contributed by atoms with Crippen molar-refractivity contribution in [1.29, 1.82) is 0 Å². The van der Waals surface area contributed by atoms with Crippen LogP contribution in [0.1, 0.15) is 33.6 Å². The molecule has 0 saturated heterocycles. The van der Waals surface area contributed by atoms with Crippen LogP contribution in [-0.4, -0.2) is 43.1 Å². The van der Waals surface area contributed by atoms with Crippen molar-refractivity contribution in [3.8, 4) is 0 Å². The molecule has 1 aliphatic heterocycles. The monoisotopic (exact) mass is 285 g/mol. The topological polar surface area (TPSA) is 23.6 Å². The summed E-state index contributed by atoms with van der Waals surface area (Å²) in [6.07, 6.45) is 6.87. The minimum absolute atomic E-state index is 0.167. The summed E-state index contributed by atoms with van der Waals surface area (Å²) in [7, 11) is -3.90. The number of nitrogens with zero attached hydrogens (tertiary/aromatic N) is 2. The van der Waals surface area contributed by atoms with Crippen molar-refractivity contribution in [2.24, 2.45) is 0 Å². The van der Waals surface area contributed by atoms with Gasteiger partial charge in [0, 0.05) is 26.0 Å². The zero-order valence-electron chi connectivity index (χ0n) is 11.9. The molecule has 0 aromatic heterocycles. The lowest BCUT2D eigenvalue weighted by atomic mass is 10.3. The van der Waals surface area contributed by atoms with Crippen LogP contribution in [0.25, 0.3) is 0 Å². The van der Waals surface area contributed by atoms with Crippen molar-refractivity contribution in [2.75, 3.05) is 20.3 Å². The lowest BCUT2D eigenvalue weighted by Crippen LogP contribution is -2.23. The molecule has 1 aliphatic rings. The van der Waals surface area contributed by atoms with Gasteiger partial charge in [-0.15, -0.1) is 0 Å². The van der Waals surface area contributed by atoms with E-state index in [2.05, 4.69) is 36.2 Å². The fraction of sp³-hybridized carbons (Fsp3) is 0.727. The molecule has 0 N–H and O–H groups in total. The van der Waals surface area contributed by atoms with Gasteiger partial charge in [0.05, 0.1) is 6.67 Å². The maximum absolute atomic E-state index is 9.75. The zero-order valence-corrected chi connectivity index (χ0v) is 11.9. The molecule has 0 radical (unpaired) electrons. The normalized spacial score (nSPS) is 13.5. The minimum atomic E-state index is -6.00. The quantitative estimate of drug-likeness (QED) is 0.587. The van der Waals surface area contributed by atoms with E-state index < -0.39 is 7.25 Å². The second-order valence-corrected chi connectivity index (χ2v) is 4.27. The summed E-state index contributed by atoms with van der Waals surface area (Å²) in [6, 6.07) is 0. The third-order valence-electron chi connectivity index (χ3n) is 1.74. The number of rotatable bonds is 3. The fourth-order valence-electron chi connectivity index (χ4n) is 1.10. The Morgan fingerprint density at radius 1 is 1.21 bits per heavy atom. The van der Waals surface area contributed by atoms with Crippen molar-refractivity contribution < 1.29 is 22.1 Å². The fourth-order valence-corrected chi connectivity index (χ4v) is 1.10. The first kappa shape index (κ1) is 20.1. The molecule has 0 amide bonds. The van der Waals surface area contributed by atoms with Gasteiger partial charge in [-0.25, -0.2) is 0 Å². The summed E-state index contributed by atoms with van der Waals surface area (Å²) in [6.45, 7) is 7.56. The lowest BCUT2D eigenvalue weighted by Gasteiger charge is -2.17. The van der Waals surface area contributed by atoms with Gasteiger partial charge in [0.2, 0.25) is 0 Å². The summed E-state index contributed by atoms with van der Waals surface area (Å²) in [4.78, 5) is 14.0. The van der Waals surface area contributed by atoms with E-state index in [-0.39, 0.29) is 5.78 Å². The first-order valence-corrected chi connectivity index (χ1v) is 6.03. The predicted molar refractivity (Wildman–Crippen MR) is 69.9 cm³/mol. The van der Waals surface area contributed by atoms with Crippen molar-refractivity contribution in [2.45, 2.75) is 33.6 Å². The Bertz CT molecular complexity index is 262. The summed E-state index contributed by atoms with van der Waals surface area (Å²) in [5.41, 5.74) is 0. The van der Waals surface area contributed by atoms with Gasteiger partial charge in [0.15, 0.2) is 0 Å². The van der Waals surface area contributed by atoms with E-state index in [0.29, 0.717) is 0 Å². The van der Waals surface area contributed by atoms with E-state index in [1.165, 1.54) is 33.2 Å². The first-order valence-electron chi connectivity index (χ1n) is 6.03. The summed E-state index contributed by atoms with van der Waals surface area (Å²) in [5.74, 6) is 0.167. The molecule has 0 aromatic carbocycles. The number of hydrogen-bond acceptors (Lipinski definition) is 3. The highest BCUT2D eigenvalue weighted by Crippen LogP contribution is 2.06. The number of Topliss-reactive ketones (excluding diaryl/α,β-unsaturated/α-hetero) is 1. The molecule has 0 saturated carbocycles. The molecule has 0 bridgehead atoms. The van der Waals surface area contributed by atoms with Gasteiger partial charge in [-0.1, -0.05) is 13.3 Å². The summed E-state index contributed by atoms with van der Waals surface area (Å²) in [5, 5.41) is 0. The smallest absolute Gasteiger partial charge is 0.418 e. The Kier molecular flexibility index (Phi) is 11.3. The van der Waals surface area contributed by atoms with Crippen molar-refractivity contribution in [3.05, 3.63) is 12.4 Å². The number of carbonyl (C=O) groups excluding carboxylic acids is 1. The molecule has 3 nitrogen and oxygen atoms in total. The van der Waals surface area contributed by atoms with Gasteiger partial charge in [0.25, 0.3) is 0 Å². The van der Waals surface area contributed by atoms with Gasteiger partial charge in [-0.2, -0.15) is 0 Å². The highest BCUT2D eigenvalue weighted by atomic mass is 19.5. The Morgan fingerprint density at radius 3 is 1.89 bits per heavy atom. The number of halogens is 4. The third kappa shape index (κ3) is 26.4. The van der Waals surface area contributed by atoms with E-state index in [1.54, 1.807) is 0 Å². The molecule has 0 fully saturated rings. The Labute approximate surface area is 112 Å². The zero-order chi connectivity index (χ0) is 15.5. The largest absolute Gasteiger partial charge is 0.673 e. The van der Waals surface area contributed by atoms with Crippen LogP contribution in [0.2, 0.25) is 0 Å². The third-order valence-corrected chi connectivity index (χ3v) is 1.74. The Morgan fingerprint density at radius 2 is 1.63 bits per heavy atom. The van der Waals surface area contributed by atoms with Crippen LogP contribution in [0, 0.1) is 0 Å². The van der Waals surface area contributed by atoms with Crippen molar-refractivity contribution in [1.82, 2.24) is 9.80 Å². The van der Waals surface area contributed by atoms with Gasteiger partial charge in [-0.05, 0) is 20.3 Å². The number of carbonyl (C=O) groups is 1. The molecule has 0 aliphatic carbocycles. The Hall–Kier alpha value is -1.21. The molecule has 0 unspecified atom stereocenters. The van der Waals surface area contributed by atoms with Crippen LogP contribution in [-0.2, 0) is 4.79 Å². The molecule has 0 aromatic rings. The summed E-state index contributed by atoms with van der Waals surface area (Å²) < 4.78 is 39.0. The molecule has 0 atom stereocenters. The van der Waals surface area contributed by atoms with E-state index in [4.69, 9.17) is 0 Å². The van der Waals surface area contributed by atoms with E-state index in [9.17, 15) is 22.1 Å². The lowest BCUT2D eigenvalue weighted by molar-refractivity contribution is -0.114. The summed E-state index contributed by atoms with van der Waals surface area (Å²) >= 11 is 0. The number of hydrogen-bond donors (Lipinski definition) is 0. The molecule has 1 heterocycles. The number of ketones is 1. The van der Waals surface area contributed by atoms with E-state index in [0.717, 1.165) is 6.67 Å². The van der Waals surface area contributed by atoms with Gasteiger partial charge in [0.1, 0.15) is 5.78 Å². The molecule has 0 spiro atoms. The van der Waals surface area contributed by atoms with Crippen molar-refractivity contribution >= 4 is 13.0 Å². The molecule has 114 valence electrons. The maximum atomic E-state index is 9.75. The second-order valence-electron chi connectivity index (χ2n) is 4.27. The van der Waals surface area contributed by atoms with Crippen molar-refractivity contribution in [3.63, 3.8) is 0 Å². The van der Waals surface area contributed by atoms with Crippen LogP contribution in [0.4, 0.5) is 17.3 Å². The van der Waals surface area contributed by atoms with Gasteiger partial charge >= 0.3 is 7.25 Å². The molecule has 1 rings (SSSR count). The Balaban J connectivity index is 0. The van der Waals surface area contributed by atoms with Crippen LogP contribution < -0.4 is 0 Å². The SMILES string of the molecule is CC(C)=O.CCCCN1C=CN(C)C1.F[B-](F)(F)F. The second kappa shape index (κ2) is 10.7. The van der Waals surface area contributed by atoms with E-state index in [1.807, 2.05) is 0 Å². The first-order chi connectivity index (χ1) is 8.56. The highest BCUT2D eigenvalue weighted by molar-refractivity contribution is 6.50. The van der Waals surface area contributed by atoms with Gasteiger partial charge in [-0.3, -0.25) is 0 Å². The standard InChI is InChI=1S/C8H16N2.C3H6O.BF4/c1-3-4-5-10-7-6-9(2)8-10;1-3(2)4;2-1(3,4)5/h6-7H,3-5,8H2,1-2H3;1-2H3;/q;;-1. The molecule has 19 heavy (non-hydrogen) atoms. The minimum Gasteiger partial charge on any atom is -0.418 e. The number of unbranched alkanes of at least 4 members (excludes halogenated alkanes) is 1. The predicted octanol–water partition coefficient (Wildman–Crippen LogP) is 3.36. The maximum Gasteiger partial charge on any atom is 0.673 e. The highest BCUT2D eigenvalue weighted by Gasteiger charge is 2.20. The van der Waals surface area contributed by atoms with Crippen LogP contribution in [0.15, 0.2) is 12.4 Å². The molecular weight excluding hydrogens is 263 g/mol. The van der Waals surface area contributed by atoms with Crippen LogP contribution in [0.3, 0.4) is 0 Å². The average molecular weight is 285 g/mol. The average Bonchev–Trinajstić information content (AvgIpc) is 2.57. The van der Waals surface area contributed by atoms with Crippen LogP contribution in [0.5, 0.6) is 0 Å².